The molecule has 5 rings (SSSR count). The van der Waals surface area contributed by atoms with Gasteiger partial charge in [-0.05, 0) is 36.7 Å². The largest absolute Gasteiger partial charge is 1.00 e. The average Bonchev–Trinajstić information content (AvgIpc) is 3.49. The number of rotatable bonds is 5. The summed E-state index contributed by atoms with van der Waals surface area (Å²) in [6, 6.07) is 8.96. The molecular formula is C19H20NNaO4. The Bertz CT molecular complexity index is 711. The first-order chi connectivity index (χ1) is 11.6. The number of benzene rings is 1. The quantitative estimate of drug-likeness (QED) is 0.584. The number of hydrogen-bond donors (Lipinski definition) is 1. The second-order valence-electron chi connectivity index (χ2n) is 7.83. The Hall–Kier alpha value is -0.880. The van der Waals surface area contributed by atoms with Gasteiger partial charge in [0.15, 0.2) is 0 Å². The summed E-state index contributed by atoms with van der Waals surface area (Å²) in [7, 11) is 0. The molecule has 6 heteroatoms. The number of carbonyl (C=O) groups excluding carboxylic acids is 2. The zero-order valence-electron chi connectivity index (χ0n) is 14.3. The third kappa shape index (κ3) is 2.59. The van der Waals surface area contributed by atoms with E-state index in [9.17, 15) is 14.7 Å². The van der Waals surface area contributed by atoms with Crippen LogP contribution in [-0.4, -0.2) is 30.6 Å². The molecule has 2 aliphatic carbocycles. The molecule has 2 bridgehead atoms. The Labute approximate surface area is 168 Å². The molecule has 25 heavy (non-hydrogen) atoms. The van der Waals surface area contributed by atoms with Crippen molar-refractivity contribution in [2.45, 2.75) is 36.9 Å². The third-order valence-corrected chi connectivity index (χ3v) is 6.59. The van der Waals surface area contributed by atoms with Crippen LogP contribution in [0.3, 0.4) is 0 Å². The second-order valence-corrected chi connectivity index (χ2v) is 7.83. The topological polar surface area (TPSA) is 78.5 Å². The average molecular weight is 349 g/mol. The summed E-state index contributed by atoms with van der Waals surface area (Å²) in [6.45, 7) is 0.595. The standard InChI is InChI=1S/C19H21NO4.Na/c21-17(20-9-10-6-15-12-7-13(12)16(10)24-15)14-8-19(14,18(22)23)11-4-2-1-3-5-11;/h1-5,10,12-16H,6-9H2,(H,20,21)(H,22,23);/q;+1/p-1/t10-,12+,13-,14+,15-,16+,19-;/m0./s1. The number of nitrogens with one attached hydrogen (secondary N) is 1. The summed E-state index contributed by atoms with van der Waals surface area (Å²) in [6.07, 6.45) is 3.34. The summed E-state index contributed by atoms with van der Waals surface area (Å²) in [5.41, 5.74) is -0.493. The number of carboxylic acids is 1. The van der Waals surface area contributed by atoms with Gasteiger partial charge in [-0.25, -0.2) is 0 Å². The number of fused-ring (bicyclic) bond motifs is 5. The van der Waals surface area contributed by atoms with E-state index in [1.54, 1.807) is 24.3 Å². The van der Waals surface area contributed by atoms with Gasteiger partial charge in [-0.15, -0.1) is 0 Å². The number of amides is 1. The van der Waals surface area contributed by atoms with E-state index in [0.717, 1.165) is 12.3 Å². The molecule has 2 saturated carbocycles. The molecule has 4 aliphatic rings. The van der Waals surface area contributed by atoms with E-state index >= 15 is 0 Å². The molecule has 1 N–H and O–H groups in total. The van der Waals surface area contributed by atoms with E-state index < -0.39 is 17.3 Å². The van der Waals surface area contributed by atoms with Crippen molar-refractivity contribution < 1.29 is 49.0 Å². The van der Waals surface area contributed by atoms with Crippen molar-refractivity contribution in [2.75, 3.05) is 6.54 Å². The van der Waals surface area contributed by atoms with E-state index in [-0.39, 0.29) is 35.5 Å². The summed E-state index contributed by atoms with van der Waals surface area (Å²) in [5, 5.41) is 14.7. The smallest absolute Gasteiger partial charge is 0.549 e. The number of carbonyl (C=O) groups is 2. The molecule has 1 amide bonds. The number of ether oxygens (including phenoxy) is 1. The van der Waals surface area contributed by atoms with Crippen molar-refractivity contribution >= 4 is 11.9 Å². The van der Waals surface area contributed by atoms with Crippen LogP contribution in [0.5, 0.6) is 0 Å². The predicted molar refractivity (Wildman–Crippen MR) is 82.6 cm³/mol. The molecule has 0 radical (unpaired) electrons. The van der Waals surface area contributed by atoms with E-state index in [1.165, 1.54) is 6.42 Å². The molecule has 5 nitrogen and oxygen atoms in total. The van der Waals surface area contributed by atoms with Crippen LogP contribution in [0, 0.1) is 23.7 Å². The van der Waals surface area contributed by atoms with Gasteiger partial charge < -0.3 is 20.0 Å². The maximum atomic E-state index is 12.5. The van der Waals surface area contributed by atoms with Gasteiger partial charge in [0.05, 0.1) is 24.1 Å². The molecule has 2 saturated heterocycles. The minimum Gasteiger partial charge on any atom is -0.549 e. The number of aliphatic carboxylic acids is 1. The molecule has 0 aromatic heterocycles. The molecular weight excluding hydrogens is 329 g/mol. The van der Waals surface area contributed by atoms with Crippen LogP contribution in [0.25, 0.3) is 0 Å². The van der Waals surface area contributed by atoms with Gasteiger partial charge in [0, 0.05) is 17.9 Å². The van der Waals surface area contributed by atoms with Crippen LogP contribution in [0.1, 0.15) is 24.8 Å². The van der Waals surface area contributed by atoms with Crippen molar-refractivity contribution in [3.8, 4) is 0 Å². The second kappa shape index (κ2) is 6.08. The minimum atomic E-state index is -1.15. The Kier molecular flexibility index (Phi) is 4.27. The Balaban J connectivity index is 0.00000157. The maximum Gasteiger partial charge on any atom is 1.00 e. The molecule has 126 valence electrons. The molecule has 1 aromatic rings. The van der Waals surface area contributed by atoms with Crippen LogP contribution in [0.4, 0.5) is 0 Å². The summed E-state index contributed by atoms with van der Waals surface area (Å²) >= 11 is 0. The molecule has 1 aromatic carbocycles. The van der Waals surface area contributed by atoms with E-state index in [0.29, 0.717) is 42.6 Å². The zero-order valence-corrected chi connectivity index (χ0v) is 16.3. The number of hydrogen-bond acceptors (Lipinski definition) is 4. The summed E-state index contributed by atoms with van der Waals surface area (Å²) < 4.78 is 5.95. The third-order valence-electron chi connectivity index (χ3n) is 6.59. The Morgan fingerprint density at radius 3 is 2.60 bits per heavy atom. The van der Waals surface area contributed by atoms with Crippen molar-refractivity contribution in [1.82, 2.24) is 5.32 Å². The fourth-order valence-electron chi connectivity index (χ4n) is 5.10. The van der Waals surface area contributed by atoms with Crippen LogP contribution in [-0.2, 0) is 19.7 Å². The van der Waals surface area contributed by atoms with Gasteiger partial charge in [0.2, 0.25) is 5.91 Å². The van der Waals surface area contributed by atoms with E-state index in [1.807, 2.05) is 6.07 Å². The molecule has 2 aliphatic heterocycles. The van der Waals surface area contributed by atoms with Gasteiger partial charge in [-0.2, -0.15) is 0 Å². The zero-order chi connectivity index (χ0) is 16.5. The monoisotopic (exact) mass is 349 g/mol. The minimum absolute atomic E-state index is 0. The summed E-state index contributed by atoms with van der Waals surface area (Å²) in [5.74, 6) is 0.0112. The van der Waals surface area contributed by atoms with E-state index in [4.69, 9.17) is 4.74 Å². The van der Waals surface area contributed by atoms with Crippen LogP contribution in [0.15, 0.2) is 30.3 Å². The van der Waals surface area contributed by atoms with Crippen LogP contribution in [0.2, 0.25) is 0 Å². The first kappa shape index (κ1) is 17.5. The normalized spacial score (nSPS) is 42.2. The molecule has 7 atom stereocenters. The first-order valence-corrected chi connectivity index (χ1v) is 8.81. The van der Waals surface area contributed by atoms with Gasteiger partial charge in [0.1, 0.15) is 0 Å². The Morgan fingerprint density at radius 2 is 1.96 bits per heavy atom. The SMILES string of the molecule is O=C(NC[C@@H]1C[C@@H]2O[C@H]1[C@H]1C[C@H]12)[C@H]1C[C@]1(C(=O)[O-])c1ccccc1.[Na+]. The Morgan fingerprint density at radius 1 is 1.20 bits per heavy atom. The molecule has 2 heterocycles. The van der Waals surface area contributed by atoms with Gasteiger partial charge in [-0.3, -0.25) is 4.79 Å². The van der Waals surface area contributed by atoms with Crippen molar-refractivity contribution in [3.05, 3.63) is 35.9 Å². The fraction of sp³-hybridized carbons (Fsp3) is 0.579. The van der Waals surface area contributed by atoms with Crippen molar-refractivity contribution in [2.24, 2.45) is 23.7 Å². The van der Waals surface area contributed by atoms with Crippen molar-refractivity contribution in [1.29, 1.82) is 0 Å². The maximum absolute atomic E-state index is 12.5. The number of carboxylic acid groups (broad SMARTS) is 1. The van der Waals surface area contributed by atoms with E-state index in [2.05, 4.69) is 5.32 Å². The van der Waals surface area contributed by atoms with Crippen LogP contribution < -0.4 is 40.0 Å². The molecule has 0 unspecified atom stereocenters. The van der Waals surface area contributed by atoms with Crippen LogP contribution >= 0.6 is 0 Å². The van der Waals surface area contributed by atoms with Gasteiger partial charge in [0.25, 0.3) is 0 Å². The molecule has 0 spiro atoms. The predicted octanol–water partition coefficient (Wildman–Crippen LogP) is -2.76. The van der Waals surface area contributed by atoms with Crippen molar-refractivity contribution in [3.63, 3.8) is 0 Å². The summed E-state index contributed by atoms with van der Waals surface area (Å²) in [4.78, 5) is 24.2. The fourth-order valence-corrected chi connectivity index (χ4v) is 5.10. The first-order valence-electron chi connectivity index (χ1n) is 8.81. The van der Waals surface area contributed by atoms with Gasteiger partial charge >= 0.3 is 29.6 Å². The molecule has 4 fully saturated rings. The van der Waals surface area contributed by atoms with Gasteiger partial charge in [-0.1, -0.05) is 30.3 Å².